The van der Waals surface area contributed by atoms with E-state index in [0.717, 1.165) is 25.8 Å². The summed E-state index contributed by atoms with van der Waals surface area (Å²) in [5.74, 6) is -0.670. The van der Waals surface area contributed by atoms with E-state index in [1.807, 2.05) is 0 Å². The van der Waals surface area contributed by atoms with E-state index in [1.165, 1.54) is 38.5 Å². The summed E-state index contributed by atoms with van der Waals surface area (Å²) in [4.78, 5) is 10.2. The highest BCUT2D eigenvalue weighted by Gasteiger charge is 1.96. The first-order valence-electron chi connectivity index (χ1n) is 6.19. The van der Waals surface area contributed by atoms with Gasteiger partial charge >= 0.3 is 5.97 Å². The molecule has 0 unspecified atom stereocenters. The molecule has 98 valence electrons. The summed E-state index contributed by atoms with van der Waals surface area (Å²) in [6.45, 7) is 0.815. The average molecular weight is 252 g/mol. The second-order valence-electron chi connectivity index (χ2n) is 4.11. The van der Waals surface area contributed by atoms with Crippen molar-refractivity contribution in [1.29, 1.82) is 0 Å². The number of carbonyl (C=O) groups is 1. The van der Waals surface area contributed by atoms with Crippen molar-refractivity contribution >= 4 is 18.4 Å². The molecule has 0 saturated heterocycles. The molecule has 0 amide bonds. The van der Waals surface area contributed by atoms with Crippen LogP contribution in [-0.4, -0.2) is 17.6 Å². The van der Waals surface area contributed by atoms with Crippen molar-refractivity contribution in [3.63, 3.8) is 0 Å². The van der Waals surface area contributed by atoms with E-state index in [9.17, 15) is 4.79 Å². The maximum atomic E-state index is 10.2. The highest BCUT2D eigenvalue weighted by atomic mass is 35.5. The minimum atomic E-state index is -0.670. The van der Waals surface area contributed by atoms with Crippen LogP contribution >= 0.6 is 12.4 Å². The predicted molar refractivity (Wildman–Crippen MR) is 70.1 cm³/mol. The number of carboxylic acids is 1. The Labute approximate surface area is 105 Å². The first-order valence-corrected chi connectivity index (χ1v) is 6.19. The molecule has 0 atom stereocenters. The van der Waals surface area contributed by atoms with Crippen molar-refractivity contribution in [3.8, 4) is 0 Å². The van der Waals surface area contributed by atoms with Gasteiger partial charge in [0.15, 0.2) is 0 Å². The number of hydrogen-bond donors (Lipinski definition) is 2. The lowest BCUT2D eigenvalue weighted by Gasteiger charge is -2.01. The van der Waals surface area contributed by atoms with Gasteiger partial charge in [0.2, 0.25) is 0 Å². The Kier molecular flexibility index (Phi) is 16.6. The lowest BCUT2D eigenvalue weighted by atomic mass is 10.1. The summed E-state index contributed by atoms with van der Waals surface area (Å²) in [6.07, 6.45) is 11.0. The molecular weight excluding hydrogens is 226 g/mol. The largest absolute Gasteiger partial charge is 0.481 e. The molecule has 0 spiro atoms. The van der Waals surface area contributed by atoms with Crippen LogP contribution in [0.2, 0.25) is 0 Å². The Balaban J connectivity index is 0. The van der Waals surface area contributed by atoms with Crippen molar-refractivity contribution in [2.75, 3.05) is 6.54 Å². The highest BCUT2D eigenvalue weighted by Crippen LogP contribution is 2.10. The van der Waals surface area contributed by atoms with Gasteiger partial charge in [0.05, 0.1) is 0 Å². The third-order valence-electron chi connectivity index (χ3n) is 2.59. The SMILES string of the molecule is Cl.NCCCCCCCCCCCC(=O)O. The second kappa shape index (κ2) is 14.7. The van der Waals surface area contributed by atoms with Crippen LogP contribution in [0, 0.1) is 0 Å². The molecule has 0 aromatic carbocycles. The molecule has 0 aliphatic rings. The Bertz CT molecular complexity index is 154. The Morgan fingerprint density at radius 1 is 0.812 bits per heavy atom. The molecule has 0 heterocycles. The van der Waals surface area contributed by atoms with Gasteiger partial charge in [0, 0.05) is 6.42 Å². The van der Waals surface area contributed by atoms with E-state index >= 15 is 0 Å². The summed E-state index contributed by atoms with van der Waals surface area (Å²) >= 11 is 0. The fourth-order valence-corrected chi connectivity index (χ4v) is 1.66. The molecule has 0 fully saturated rings. The molecule has 0 aromatic heterocycles. The summed E-state index contributed by atoms with van der Waals surface area (Å²) in [7, 11) is 0. The quantitative estimate of drug-likeness (QED) is 0.554. The molecular formula is C12H26ClNO2. The zero-order valence-electron chi connectivity index (χ0n) is 10.1. The molecule has 3 nitrogen and oxygen atoms in total. The van der Waals surface area contributed by atoms with Crippen molar-refractivity contribution in [3.05, 3.63) is 0 Å². The van der Waals surface area contributed by atoms with Crippen molar-refractivity contribution < 1.29 is 9.90 Å². The monoisotopic (exact) mass is 251 g/mol. The molecule has 0 radical (unpaired) electrons. The third kappa shape index (κ3) is 16.2. The van der Waals surface area contributed by atoms with E-state index in [2.05, 4.69) is 0 Å². The fraction of sp³-hybridized carbons (Fsp3) is 0.917. The maximum absolute atomic E-state index is 10.2. The van der Waals surface area contributed by atoms with Crippen LogP contribution < -0.4 is 5.73 Å². The van der Waals surface area contributed by atoms with E-state index in [4.69, 9.17) is 10.8 Å². The normalized spacial score (nSPS) is 9.81. The van der Waals surface area contributed by atoms with E-state index < -0.39 is 5.97 Å². The molecule has 0 saturated carbocycles. The molecule has 3 N–H and O–H groups in total. The van der Waals surface area contributed by atoms with Crippen LogP contribution in [0.25, 0.3) is 0 Å². The number of unbranched alkanes of at least 4 members (excludes halogenated alkanes) is 8. The molecule has 0 rings (SSSR count). The number of carboxylic acid groups (broad SMARTS) is 1. The van der Waals surface area contributed by atoms with Gasteiger partial charge in [-0.2, -0.15) is 0 Å². The molecule has 0 bridgehead atoms. The summed E-state index contributed by atoms with van der Waals surface area (Å²) in [5.41, 5.74) is 5.40. The van der Waals surface area contributed by atoms with Gasteiger partial charge in [-0.05, 0) is 19.4 Å². The van der Waals surface area contributed by atoms with Crippen molar-refractivity contribution in [2.45, 2.75) is 64.2 Å². The number of nitrogens with two attached hydrogens (primary N) is 1. The van der Waals surface area contributed by atoms with Crippen LogP contribution in [0.5, 0.6) is 0 Å². The third-order valence-corrected chi connectivity index (χ3v) is 2.59. The number of aliphatic carboxylic acids is 1. The van der Waals surface area contributed by atoms with Gasteiger partial charge in [-0.1, -0.05) is 44.9 Å². The predicted octanol–water partition coefficient (Wildman–Crippen LogP) is 3.35. The summed E-state index contributed by atoms with van der Waals surface area (Å²) < 4.78 is 0. The average Bonchev–Trinajstić information content (AvgIpc) is 2.20. The van der Waals surface area contributed by atoms with Gasteiger partial charge in [-0.3, -0.25) is 4.79 Å². The van der Waals surface area contributed by atoms with Crippen molar-refractivity contribution in [1.82, 2.24) is 0 Å². The number of rotatable bonds is 11. The van der Waals surface area contributed by atoms with Gasteiger partial charge in [-0.15, -0.1) is 12.4 Å². The number of halogens is 1. The molecule has 0 aliphatic heterocycles. The van der Waals surface area contributed by atoms with Gasteiger partial charge in [0.25, 0.3) is 0 Å². The topological polar surface area (TPSA) is 63.3 Å². The minimum absolute atomic E-state index is 0. The molecule has 0 aliphatic carbocycles. The first kappa shape index (κ1) is 18.1. The van der Waals surface area contributed by atoms with Crippen LogP contribution in [0.15, 0.2) is 0 Å². The van der Waals surface area contributed by atoms with Crippen molar-refractivity contribution in [2.24, 2.45) is 5.73 Å². The van der Waals surface area contributed by atoms with Gasteiger partial charge in [0.1, 0.15) is 0 Å². The van der Waals surface area contributed by atoms with Crippen LogP contribution in [0.1, 0.15) is 64.2 Å². The van der Waals surface area contributed by atoms with Gasteiger partial charge < -0.3 is 10.8 Å². The van der Waals surface area contributed by atoms with E-state index in [0.29, 0.717) is 6.42 Å². The maximum Gasteiger partial charge on any atom is 0.303 e. The molecule has 16 heavy (non-hydrogen) atoms. The minimum Gasteiger partial charge on any atom is -0.481 e. The second-order valence-corrected chi connectivity index (χ2v) is 4.11. The summed E-state index contributed by atoms with van der Waals surface area (Å²) in [6, 6.07) is 0. The number of hydrogen-bond acceptors (Lipinski definition) is 2. The molecule has 4 heteroatoms. The summed E-state index contributed by atoms with van der Waals surface area (Å²) in [5, 5.41) is 8.43. The first-order chi connectivity index (χ1) is 7.27. The Hall–Kier alpha value is -0.280. The lowest BCUT2D eigenvalue weighted by molar-refractivity contribution is -0.137. The Morgan fingerprint density at radius 2 is 1.19 bits per heavy atom. The Morgan fingerprint density at radius 3 is 1.56 bits per heavy atom. The standard InChI is InChI=1S/C12H25NO2.ClH/c13-11-9-7-5-3-1-2-4-6-8-10-12(14)15;/h1-11,13H2,(H,14,15);1H. The zero-order chi connectivity index (χ0) is 11.4. The van der Waals surface area contributed by atoms with Crippen LogP contribution in [0.3, 0.4) is 0 Å². The zero-order valence-corrected chi connectivity index (χ0v) is 10.9. The van der Waals surface area contributed by atoms with Crippen LogP contribution in [-0.2, 0) is 4.79 Å². The van der Waals surface area contributed by atoms with E-state index in [1.54, 1.807) is 0 Å². The van der Waals surface area contributed by atoms with Gasteiger partial charge in [-0.25, -0.2) is 0 Å². The smallest absolute Gasteiger partial charge is 0.303 e. The highest BCUT2D eigenvalue weighted by molar-refractivity contribution is 5.85. The van der Waals surface area contributed by atoms with E-state index in [-0.39, 0.29) is 12.4 Å². The van der Waals surface area contributed by atoms with Crippen LogP contribution in [0.4, 0.5) is 0 Å². The lowest BCUT2D eigenvalue weighted by Crippen LogP contribution is -1.97. The molecule has 0 aromatic rings. The fourth-order valence-electron chi connectivity index (χ4n) is 1.66.